The van der Waals surface area contributed by atoms with Crippen LogP contribution in [0.25, 0.3) is 0 Å². The maximum Gasteiger partial charge on any atom is -1.00 e. The second-order valence-corrected chi connectivity index (χ2v) is 9.87. The number of carbonyl (C=O) groups is 4. The number of hydrogen-bond donors (Lipinski definition) is 4. The fourth-order valence-electron chi connectivity index (χ4n) is 2.94. The van der Waals surface area contributed by atoms with E-state index in [9.17, 15) is 19.2 Å². The van der Waals surface area contributed by atoms with E-state index in [-0.39, 0.29) is 48.4 Å². The Balaban J connectivity index is 0.000000381. The number of rotatable bonds is 8. The summed E-state index contributed by atoms with van der Waals surface area (Å²) in [5, 5.41) is 0. The molecule has 0 aromatic heterocycles. The molecule has 0 heterocycles. The zero-order valence-corrected chi connectivity index (χ0v) is 25.6. The van der Waals surface area contributed by atoms with Crippen LogP contribution in [0.3, 0.4) is 0 Å². The predicted octanol–water partition coefficient (Wildman–Crippen LogP) is -2.47. The van der Waals surface area contributed by atoms with Gasteiger partial charge in [0.1, 0.15) is 0 Å². The minimum absolute atomic E-state index is 0. The van der Waals surface area contributed by atoms with Crippen molar-refractivity contribution in [2.24, 2.45) is 0 Å². The van der Waals surface area contributed by atoms with Gasteiger partial charge in [0.05, 0.1) is 0 Å². The van der Waals surface area contributed by atoms with E-state index in [2.05, 4.69) is 15.2 Å². The van der Waals surface area contributed by atoms with E-state index >= 15 is 0 Å². The maximum absolute atomic E-state index is 11.7. The summed E-state index contributed by atoms with van der Waals surface area (Å²) in [5.74, 6) is -0.633. The number of amides is 4. The smallest absolute Gasteiger partial charge is 1.00 e. The van der Waals surface area contributed by atoms with Crippen LogP contribution in [0.15, 0.2) is 121 Å². The monoisotopic (exact) mass is 646 g/mol. The zero-order valence-electron chi connectivity index (χ0n) is 20.9. The van der Waals surface area contributed by atoms with Gasteiger partial charge in [0, 0.05) is 0 Å². The summed E-state index contributed by atoms with van der Waals surface area (Å²) >= 11 is -2.09. The molecule has 202 valence electrons. The normalized spacial score (nSPS) is 8.80. The van der Waals surface area contributed by atoms with Crippen molar-refractivity contribution in [3.8, 4) is 0 Å². The van der Waals surface area contributed by atoms with E-state index in [4.69, 9.17) is 0 Å². The summed E-state index contributed by atoms with van der Waals surface area (Å²) in [6, 6.07) is 35.7. The van der Waals surface area contributed by atoms with Gasteiger partial charge < -0.3 is 24.8 Å². The summed E-state index contributed by atoms with van der Waals surface area (Å²) in [4.78, 5) is 46.9. The molecule has 4 amide bonds. The van der Waals surface area contributed by atoms with Crippen LogP contribution in [0, 0.1) is 0 Å². The van der Waals surface area contributed by atoms with Crippen molar-refractivity contribution in [2.75, 3.05) is 0 Å². The number of carbonyl (C=O) groups excluding carboxylic acids is 4. The molecule has 0 aliphatic carbocycles. The maximum atomic E-state index is 11.7. The SMILES string of the molecule is O=C([NH][Ti+][NH]C(=O)c1ccccc1)c1ccccc1.O=C([NH][Ti+][NH]C(=O)c1ccccc1)c1ccccc1.[Cl-].[Cl-]. The molecule has 4 rings (SSSR count). The summed E-state index contributed by atoms with van der Waals surface area (Å²) in [5.41, 5.74) is 2.39. The summed E-state index contributed by atoms with van der Waals surface area (Å²) in [6.45, 7) is 0. The largest absolute Gasteiger partial charge is 1.00 e. The first-order chi connectivity index (χ1) is 18.5. The molecule has 0 spiro atoms. The minimum Gasteiger partial charge on any atom is -1.00 e. The van der Waals surface area contributed by atoms with Crippen molar-refractivity contribution in [1.29, 1.82) is 0 Å². The van der Waals surface area contributed by atoms with Gasteiger partial charge in [-0.15, -0.1) is 0 Å². The van der Waals surface area contributed by atoms with Crippen molar-refractivity contribution in [2.45, 2.75) is 0 Å². The topological polar surface area (TPSA) is 116 Å². The van der Waals surface area contributed by atoms with Crippen molar-refractivity contribution < 1.29 is 83.3 Å². The molecule has 0 saturated heterocycles. The third-order valence-corrected chi connectivity index (χ3v) is 7.05. The Kier molecular flexibility index (Phi) is 17.2. The fourth-order valence-corrected chi connectivity index (χ4v) is 4.74. The van der Waals surface area contributed by atoms with E-state index in [1.807, 2.05) is 24.3 Å². The Morgan fingerprint density at radius 3 is 0.700 bits per heavy atom. The molecule has 0 fully saturated rings. The molecule has 0 bridgehead atoms. The van der Waals surface area contributed by atoms with Gasteiger partial charge in [0.15, 0.2) is 0 Å². The first kappa shape index (κ1) is 34.8. The van der Waals surface area contributed by atoms with Gasteiger partial charge >= 0.3 is 241 Å². The average Bonchev–Trinajstić information content (AvgIpc) is 2.99. The second kappa shape index (κ2) is 19.8. The van der Waals surface area contributed by atoms with Crippen LogP contribution in [0.2, 0.25) is 0 Å². The molecule has 0 aliphatic heterocycles. The van der Waals surface area contributed by atoms with Crippen LogP contribution < -0.4 is 40.0 Å². The molecule has 40 heavy (non-hydrogen) atoms. The Morgan fingerprint density at radius 2 is 0.525 bits per heavy atom. The number of hydrogen-bond acceptors (Lipinski definition) is 4. The summed E-state index contributed by atoms with van der Waals surface area (Å²) < 4.78 is 11.0. The molecule has 4 aromatic rings. The molecule has 4 N–H and O–H groups in total. The van der Waals surface area contributed by atoms with Crippen molar-refractivity contribution in [3.63, 3.8) is 0 Å². The third kappa shape index (κ3) is 12.3. The van der Waals surface area contributed by atoms with Gasteiger partial charge in [-0.3, -0.25) is 0 Å². The molecule has 0 atom stereocenters. The quantitative estimate of drug-likeness (QED) is 0.159. The van der Waals surface area contributed by atoms with E-state index in [0.29, 0.717) is 22.3 Å². The van der Waals surface area contributed by atoms with Crippen molar-refractivity contribution in [1.82, 2.24) is 15.2 Å². The van der Waals surface area contributed by atoms with Crippen LogP contribution in [-0.4, -0.2) is 23.6 Å². The second-order valence-electron chi connectivity index (χ2n) is 7.53. The van der Waals surface area contributed by atoms with Crippen LogP contribution in [0.1, 0.15) is 41.4 Å². The van der Waals surface area contributed by atoms with Gasteiger partial charge in [-0.05, 0) is 0 Å². The molecule has 0 unspecified atom stereocenters. The Morgan fingerprint density at radius 1 is 0.350 bits per heavy atom. The molecule has 0 saturated carbocycles. The van der Waals surface area contributed by atoms with E-state index in [1.54, 1.807) is 97.1 Å². The van der Waals surface area contributed by atoms with Crippen LogP contribution >= 0.6 is 0 Å². The predicted molar refractivity (Wildman–Crippen MR) is 136 cm³/mol. The number of nitrogens with one attached hydrogen (secondary N) is 4. The molecule has 4 aromatic carbocycles. The third-order valence-electron chi connectivity index (χ3n) is 4.85. The van der Waals surface area contributed by atoms with E-state index < -0.39 is 39.3 Å². The molecule has 12 heteroatoms. The Hall–Kier alpha value is -3.23. The molecular formula is C28H24Cl2N4O4Ti2. The first-order valence-electron chi connectivity index (χ1n) is 11.5. The summed E-state index contributed by atoms with van der Waals surface area (Å²) in [7, 11) is 0. The van der Waals surface area contributed by atoms with Gasteiger partial charge in [0.2, 0.25) is 0 Å². The van der Waals surface area contributed by atoms with Crippen LogP contribution in [-0.2, 0) is 39.3 Å². The van der Waals surface area contributed by atoms with Gasteiger partial charge in [-0.2, -0.15) is 0 Å². The molecule has 0 aliphatic rings. The Labute approximate surface area is 264 Å². The standard InChI is InChI=1S/4C7H7NO.2ClH.2Ti/c4*8-7(9)6-4-2-1-3-5-6;;;;/h4*1-5H,(H2,8,9);2*1H;;/q;;;;;;2*+3/p-6. The first-order valence-corrected chi connectivity index (χ1v) is 14.6. The minimum atomic E-state index is -1.04. The number of benzene rings is 4. The number of halogens is 2. The van der Waals surface area contributed by atoms with Crippen molar-refractivity contribution >= 4 is 23.6 Å². The van der Waals surface area contributed by atoms with Crippen LogP contribution in [0.4, 0.5) is 0 Å². The van der Waals surface area contributed by atoms with Crippen molar-refractivity contribution in [3.05, 3.63) is 144 Å². The van der Waals surface area contributed by atoms with E-state index in [1.165, 1.54) is 0 Å². The fraction of sp³-hybridized carbons (Fsp3) is 0. The average molecular weight is 647 g/mol. The van der Waals surface area contributed by atoms with Crippen LogP contribution in [0.5, 0.6) is 0 Å². The van der Waals surface area contributed by atoms with E-state index in [0.717, 1.165) is 0 Å². The van der Waals surface area contributed by atoms with Gasteiger partial charge in [-0.1, -0.05) is 0 Å². The molecule has 8 nitrogen and oxygen atoms in total. The van der Waals surface area contributed by atoms with Gasteiger partial charge in [-0.25, -0.2) is 0 Å². The molecule has 0 radical (unpaired) electrons. The van der Waals surface area contributed by atoms with Gasteiger partial charge in [0.25, 0.3) is 0 Å². The molecular weight excluding hydrogens is 623 g/mol. The Bertz CT molecular complexity index is 1130. The zero-order chi connectivity index (χ0) is 27.0. The summed E-state index contributed by atoms with van der Waals surface area (Å²) in [6.07, 6.45) is 0.